The molecule has 0 aliphatic heterocycles. The Kier molecular flexibility index (Phi) is 7.39. The van der Waals surface area contributed by atoms with Crippen molar-refractivity contribution in [2.24, 2.45) is 0 Å². The molecule has 0 aliphatic rings. The number of halogens is 2. The maximum Gasteiger partial charge on any atom is 0.337 e. The minimum atomic E-state index is -1.14. The zero-order valence-corrected chi connectivity index (χ0v) is 18.0. The fourth-order valence-corrected chi connectivity index (χ4v) is 3.22. The Morgan fingerprint density at radius 1 is 0.968 bits per heavy atom. The van der Waals surface area contributed by atoms with E-state index in [9.17, 15) is 14.7 Å². The smallest absolute Gasteiger partial charge is 0.337 e. The predicted octanol–water partition coefficient (Wildman–Crippen LogP) is 6.28. The second-order valence-electron chi connectivity index (χ2n) is 6.48. The zero-order chi connectivity index (χ0) is 22.4. The van der Waals surface area contributed by atoms with Gasteiger partial charge in [0.1, 0.15) is 5.75 Å². The Hall–Kier alpha value is -3.22. The number of amides is 1. The molecule has 1 atom stereocenters. The molecule has 0 heterocycles. The van der Waals surface area contributed by atoms with Gasteiger partial charge in [0.2, 0.25) is 0 Å². The summed E-state index contributed by atoms with van der Waals surface area (Å²) in [6, 6.07) is 17.9. The molecule has 0 aliphatic carbocycles. The molecule has 160 valence electrons. The van der Waals surface area contributed by atoms with Crippen molar-refractivity contribution in [3.63, 3.8) is 0 Å². The van der Waals surface area contributed by atoms with Crippen LogP contribution in [0.2, 0.25) is 10.0 Å². The average Bonchev–Trinajstić information content (AvgIpc) is 2.75. The van der Waals surface area contributed by atoms with Crippen LogP contribution in [0.25, 0.3) is 0 Å². The van der Waals surface area contributed by atoms with Crippen molar-refractivity contribution in [3.05, 3.63) is 82.3 Å². The Bertz CT molecular complexity index is 1100. The topological polar surface area (TPSA) is 84.9 Å². The molecule has 0 saturated carbocycles. The van der Waals surface area contributed by atoms with Gasteiger partial charge < -0.3 is 19.9 Å². The fraction of sp³-hybridized carbons (Fsp3) is 0.130. The van der Waals surface area contributed by atoms with Crippen LogP contribution in [-0.4, -0.2) is 23.1 Å². The van der Waals surface area contributed by atoms with Gasteiger partial charge in [0.05, 0.1) is 16.3 Å². The van der Waals surface area contributed by atoms with Gasteiger partial charge in [-0.3, -0.25) is 4.79 Å². The predicted molar refractivity (Wildman–Crippen MR) is 120 cm³/mol. The van der Waals surface area contributed by atoms with E-state index in [2.05, 4.69) is 5.32 Å². The number of anilines is 1. The third-order valence-corrected chi connectivity index (χ3v) is 4.84. The lowest BCUT2D eigenvalue weighted by atomic mass is 10.1. The van der Waals surface area contributed by atoms with E-state index in [0.29, 0.717) is 33.7 Å². The number of carboxylic acid groups (broad SMARTS) is 1. The molecule has 3 rings (SSSR count). The first-order chi connectivity index (χ1) is 14.9. The standard InChI is InChI=1S/C23H19Cl2NO5/c1-2-18(22(27)26-17-8-4-3-7-15(17)23(28)29)30-20-9-5-6-10-21(20)31-19-12-11-14(24)13-16(19)25/h3-13,18H,2H2,1H3,(H,26,27)(H,28,29). The number of rotatable bonds is 8. The molecule has 1 unspecified atom stereocenters. The molecule has 0 aromatic heterocycles. The highest BCUT2D eigenvalue weighted by molar-refractivity contribution is 6.35. The van der Waals surface area contributed by atoms with E-state index in [1.54, 1.807) is 61.5 Å². The highest BCUT2D eigenvalue weighted by Gasteiger charge is 2.22. The van der Waals surface area contributed by atoms with Gasteiger partial charge in [-0.05, 0) is 48.9 Å². The van der Waals surface area contributed by atoms with Crippen LogP contribution in [0, 0.1) is 0 Å². The molecule has 0 bridgehead atoms. The molecule has 0 fully saturated rings. The number of carboxylic acids is 1. The number of nitrogens with one attached hydrogen (secondary N) is 1. The van der Waals surface area contributed by atoms with E-state index in [4.69, 9.17) is 32.7 Å². The number of carbonyl (C=O) groups excluding carboxylic acids is 1. The van der Waals surface area contributed by atoms with Gasteiger partial charge in [-0.15, -0.1) is 0 Å². The van der Waals surface area contributed by atoms with Gasteiger partial charge in [0.15, 0.2) is 17.6 Å². The number of benzene rings is 3. The summed E-state index contributed by atoms with van der Waals surface area (Å²) in [5.41, 5.74) is 0.186. The van der Waals surface area contributed by atoms with Crippen molar-refractivity contribution in [1.82, 2.24) is 0 Å². The highest BCUT2D eigenvalue weighted by Crippen LogP contribution is 2.36. The van der Waals surface area contributed by atoms with Crippen molar-refractivity contribution >= 4 is 40.8 Å². The van der Waals surface area contributed by atoms with E-state index in [-0.39, 0.29) is 11.3 Å². The molecule has 3 aromatic rings. The maximum atomic E-state index is 12.8. The summed E-state index contributed by atoms with van der Waals surface area (Å²) in [5.74, 6) is -0.528. The molecule has 2 N–H and O–H groups in total. The Balaban J connectivity index is 1.79. The summed E-state index contributed by atoms with van der Waals surface area (Å²) in [5, 5.41) is 12.7. The van der Waals surface area contributed by atoms with Crippen molar-refractivity contribution < 1.29 is 24.2 Å². The van der Waals surface area contributed by atoms with Crippen molar-refractivity contribution in [2.45, 2.75) is 19.4 Å². The van der Waals surface area contributed by atoms with Gasteiger partial charge in [0.25, 0.3) is 5.91 Å². The maximum absolute atomic E-state index is 12.8. The van der Waals surface area contributed by atoms with Crippen molar-refractivity contribution in [1.29, 1.82) is 0 Å². The molecule has 0 saturated heterocycles. The lowest BCUT2D eigenvalue weighted by Crippen LogP contribution is -2.33. The number of hydrogen-bond acceptors (Lipinski definition) is 4. The number of aromatic carboxylic acids is 1. The third kappa shape index (κ3) is 5.69. The summed E-state index contributed by atoms with van der Waals surface area (Å²) >= 11 is 12.1. The second-order valence-corrected chi connectivity index (χ2v) is 7.32. The second kappa shape index (κ2) is 10.2. The van der Waals surface area contributed by atoms with Crippen LogP contribution >= 0.6 is 23.2 Å². The quantitative estimate of drug-likeness (QED) is 0.413. The molecule has 3 aromatic carbocycles. The first-order valence-electron chi connectivity index (χ1n) is 9.40. The summed E-state index contributed by atoms with van der Waals surface area (Å²) in [7, 11) is 0. The van der Waals surface area contributed by atoms with Gasteiger partial charge in [-0.25, -0.2) is 4.79 Å². The largest absolute Gasteiger partial charge is 0.478 e. The normalized spacial score (nSPS) is 11.5. The van der Waals surface area contributed by atoms with Crippen molar-refractivity contribution in [3.8, 4) is 17.2 Å². The molecular formula is C23H19Cl2NO5. The SMILES string of the molecule is CCC(Oc1ccccc1Oc1ccc(Cl)cc1Cl)C(=O)Nc1ccccc1C(=O)O. The average molecular weight is 460 g/mol. The molecule has 1 amide bonds. The van der Waals surface area contributed by atoms with Crippen LogP contribution < -0.4 is 14.8 Å². The van der Waals surface area contributed by atoms with Gasteiger partial charge in [-0.1, -0.05) is 54.4 Å². The summed E-state index contributed by atoms with van der Waals surface area (Å²) in [6.45, 7) is 1.78. The van der Waals surface area contributed by atoms with E-state index < -0.39 is 18.0 Å². The first kappa shape index (κ1) is 22.5. The monoisotopic (exact) mass is 459 g/mol. The number of carbonyl (C=O) groups is 2. The van der Waals surface area contributed by atoms with Gasteiger partial charge in [0, 0.05) is 5.02 Å². The first-order valence-corrected chi connectivity index (χ1v) is 10.2. The number of ether oxygens (including phenoxy) is 2. The number of para-hydroxylation sites is 3. The Labute approximate surface area is 189 Å². The molecule has 0 spiro atoms. The van der Waals surface area contributed by atoms with E-state index in [1.807, 2.05) is 0 Å². The lowest BCUT2D eigenvalue weighted by Gasteiger charge is -2.20. The van der Waals surface area contributed by atoms with E-state index in [0.717, 1.165) is 0 Å². The minimum absolute atomic E-state index is 0.00758. The Morgan fingerprint density at radius 2 is 1.65 bits per heavy atom. The van der Waals surface area contributed by atoms with Crippen LogP contribution in [0.3, 0.4) is 0 Å². The van der Waals surface area contributed by atoms with Gasteiger partial charge >= 0.3 is 5.97 Å². The van der Waals surface area contributed by atoms with Crippen LogP contribution in [-0.2, 0) is 4.79 Å². The molecule has 6 nitrogen and oxygen atoms in total. The van der Waals surface area contributed by atoms with Crippen LogP contribution in [0.4, 0.5) is 5.69 Å². The van der Waals surface area contributed by atoms with Crippen molar-refractivity contribution in [2.75, 3.05) is 5.32 Å². The molecule has 31 heavy (non-hydrogen) atoms. The number of hydrogen-bond donors (Lipinski definition) is 2. The molecule has 0 radical (unpaired) electrons. The lowest BCUT2D eigenvalue weighted by molar-refractivity contribution is -0.122. The highest BCUT2D eigenvalue weighted by atomic mass is 35.5. The van der Waals surface area contributed by atoms with Crippen LogP contribution in [0.1, 0.15) is 23.7 Å². The van der Waals surface area contributed by atoms with Crippen LogP contribution in [0.5, 0.6) is 17.2 Å². The van der Waals surface area contributed by atoms with Gasteiger partial charge in [-0.2, -0.15) is 0 Å². The zero-order valence-electron chi connectivity index (χ0n) is 16.5. The summed E-state index contributed by atoms with van der Waals surface area (Å²) < 4.78 is 11.8. The minimum Gasteiger partial charge on any atom is -0.478 e. The molecular weight excluding hydrogens is 441 g/mol. The molecule has 8 heteroatoms. The van der Waals surface area contributed by atoms with Crippen LogP contribution in [0.15, 0.2) is 66.7 Å². The summed E-state index contributed by atoms with van der Waals surface area (Å²) in [4.78, 5) is 24.2. The third-order valence-electron chi connectivity index (χ3n) is 4.31. The Morgan fingerprint density at radius 3 is 2.32 bits per heavy atom. The fourth-order valence-electron chi connectivity index (χ4n) is 2.78. The van der Waals surface area contributed by atoms with E-state index >= 15 is 0 Å². The summed E-state index contributed by atoms with van der Waals surface area (Å²) in [6.07, 6.45) is -0.538. The van der Waals surface area contributed by atoms with E-state index in [1.165, 1.54) is 12.1 Å².